The van der Waals surface area contributed by atoms with Crippen LogP contribution < -0.4 is 0 Å². The van der Waals surface area contributed by atoms with Crippen LogP contribution in [-0.2, 0) is 0 Å². The summed E-state index contributed by atoms with van der Waals surface area (Å²) >= 11 is 0. The zero-order valence-corrected chi connectivity index (χ0v) is 27.5. The second-order valence-corrected chi connectivity index (χ2v) is 11.4. The summed E-state index contributed by atoms with van der Waals surface area (Å²) < 4.78 is 0. The van der Waals surface area contributed by atoms with Gasteiger partial charge in [0, 0.05) is 0 Å². The minimum absolute atomic E-state index is 1.11. The molecule has 0 fully saturated rings. The molecule has 0 rings (SSSR count). The van der Waals surface area contributed by atoms with Gasteiger partial charge in [0.2, 0.25) is 0 Å². The van der Waals surface area contributed by atoms with Crippen molar-refractivity contribution in [1.82, 2.24) is 0 Å². The lowest BCUT2D eigenvalue weighted by atomic mass is 10.1. The standard InChI is InChI=1S/C40H58/c1-33(2)19-13-23-37(7)27-17-31-39(9)29-15-25-35(5)21-11-12-22-36(6)26-16-30-40(10)32-18-28-38(8)24-14-20-34(3)4/h11-12,15-17,19-22,25-31H,13-14,18,23-24,32H2,1-10H3/b12-11+,25-15+,26-16+,31-17-,35-21+,36-22+,37-27+,38-28?,39-29-,40-30?. The molecule has 0 aromatic carbocycles. The van der Waals surface area contributed by atoms with Gasteiger partial charge in [0.15, 0.2) is 0 Å². The lowest BCUT2D eigenvalue weighted by molar-refractivity contribution is 0.918. The minimum Gasteiger partial charge on any atom is -0.0856 e. The fourth-order valence-corrected chi connectivity index (χ4v) is 3.65. The molecule has 0 heteroatoms. The third kappa shape index (κ3) is 25.2. The molecule has 0 nitrogen and oxygen atoms in total. The van der Waals surface area contributed by atoms with Crippen molar-refractivity contribution in [3.8, 4) is 0 Å². The van der Waals surface area contributed by atoms with Gasteiger partial charge in [-0.1, -0.05) is 142 Å². The normalized spacial score (nSPS) is 14.8. The molecule has 0 aromatic rings. The Bertz CT molecular complexity index is 1100. The molecule has 0 saturated heterocycles. The Labute approximate surface area is 249 Å². The molecule has 0 radical (unpaired) electrons. The molecule has 0 N–H and O–H groups in total. The Morgan fingerprint density at radius 2 is 0.675 bits per heavy atom. The second kappa shape index (κ2) is 23.7. The molecule has 0 unspecified atom stereocenters. The van der Waals surface area contributed by atoms with Gasteiger partial charge in [0.05, 0.1) is 0 Å². The molecule has 0 aliphatic carbocycles. The quantitative estimate of drug-likeness (QED) is 0.128. The molecular weight excluding hydrogens is 480 g/mol. The average Bonchev–Trinajstić information content (AvgIpc) is 2.86. The monoisotopic (exact) mass is 538 g/mol. The molecule has 40 heavy (non-hydrogen) atoms. The van der Waals surface area contributed by atoms with E-state index in [9.17, 15) is 0 Å². The van der Waals surface area contributed by atoms with Gasteiger partial charge in [-0.05, 0) is 108 Å². The van der Waals surface area contributed by atoms with E-state index in [1.165, 1.54) is 51.0 Å². The highest BCUT2D eigenvalue weighted by molar-refractivity contribution is 5.31. The Kier molecular flexibility index (Phi) is 21.9. The van der Waals surface area contributed by atoms with E-state index < -0.39 is 0 Å². The van der Waals surface area contributed by atoms with Crippen LogP contribution in [0.25, 0.3) is 0 Å². The Morgan fingerprint density at radius 3 is 1.07 bits per heavy atom. The molecule has 0 aliphatic rings. The van der Waals surface area contributed by atoms with Crippen molar-refractivity contribution in [3.63, 3.8) is 0 Å². The molecule has 0 saturated carbocycles. The van der Waals surface area contributed by atoms with E-state index in [2.05, 4.69) is 166 Å². The zero-order valence-electron chi connectivity index (χ0n) is 27.5. The van der Waals surface area contributed by atoms with Crippen molar-refractivity contribution in [3.05, 3.63) is 142 Å². The first-order chi connectivity index (χ1) is 19.0. The van der Waals surface area contributed by atoms with Crippen molar-refractivity contribution in [2.75, 3.05) is 0 Å². The lowest BCUT2D eigenvalue weighted by Crippen LogP contribution is -1.80. The summed E-state index contributed by atoms with van der Waals surface area (Å²) in [6.45, 7) is 21.7. The Morgan fingerprint density at radius 1 is 0.350 bits per heavy atom. The topological polar surface area (TPSA) is 0 Å². The summed E-state index contributed by atoms with van der Waals surface area (Å²) in [5.41, 5.74) is 10.8. The maximum atomic E-state index is 2.39. The van der Waals surface area contributed by atoms with E-state index in [0.29, 0.717) is 0 Å². The van der Waals surface area contributed by atoms with Crippen molar-refractivity contribution >= 4 is 0 Å². The number of allylic oxidation sites excluding steroid dienone is 24. The summed E-state index contributed by atoms with van der Waals surface area (Å²) in [5, 5.41) is 0. The second-order valence-electron chi connectivity index (χ2n) is 11.4. The summed E-state index contributed by atoms with van der Waals surface area (Å²) in [6, 6.07) is 0. The maximum absolute atomic E-state index is 2.39. The first kappa shape index (κ1) is 36.9. The molecule has 0 atom stereocenters. The zero-order chi connectivity index (χ0) is 30.2. The van der Waals surface area contributed by atoms with Crippen LogP contribution in [-0.4, -0.2) is 0 Å². The highest BCUT2D eigenvalue weighted by atomic mass is 14.0. The fraction of sp³-hybridized carbons (Fsp3) is 0.400. The van der Waals surface area contributed by atoms with Gasteiger partial charge in [-0.15, -0.1) is 0 Å². The first-order valence-corrected chi connectivity index (χ1v) is 15.0. The van der Waals surface area contributed by atoms with Crippen molar-refractivity contribution in [1.29, 1.82) is 0 Å². The average molecular weight is 539 g/mol. The van der Waals surface area contributed by atoms with Gasteiger partial charge in [-0.25, -0.2) is 0 Å². The molecule has 0 spiro atoms. The molecule has 0 aromatic heterocycles. The van der Waals surface area contributed by atoms with Gasteiger partial charge in [-0.2, -0.15) is 0 Å². The smallest absolute Gasteiger partial charge is 0.0285 e. The van der Waals surface area contributed by atoms with E-state index >= 15 is 0 Å². The van der Waals surface area contributed by atoms with Crippen LogP contribution in [0.15, 0.2) is 142 Å². The fourth-order valence-electron chi connectivity index (χ4n) is 3.65. The van der Waals surface area contributed by atoms with Crippen LogP contribution >= 0.6 is 0 Å². The van der Waals surface area contributed by atoms with Crippen LogP contribution in [0.1, 0.15) is 108 Å². The summed E-state index contributed by atoms with van der Waals surface area (Å²) in [5.74, 6) is 0. The number of hydrogen-bond acceptors (Lipinski definition) is 0. The van der Waals surface area contributed by atoms with E-state index in [4.69, 9.17) is 0 Å². The Hall–Kier alpha value is -3.12. The van der Waals surface area contributed by atoms with E-state index in [-0.39, 0.29) is 0 Å². The predicted octanol–water partition coefficient (Wildman–Crippen LogP) is 13.2. The summed E-state index contributed by atoms with van der Waals surface area (Å²) in [6.07, 6.45) is 41.8. The van der Waals surface area contributed by atoms with Gasteiger partial charge in [0.1, 0.15) is 0 Å². The highest BCUT2D eigenvalue weighted by Crippen LogP contribution is 2.12. The molecule has 218 valence electrons. The van der Waals surface area contributed by atoms with Crippen LogP contribution in [0.2, 0.25) is 0 Å². The van der Waals surface area contributed by atoms with Crippen molar-refractivity contribution < 1.29 is 0 Å². The summed E-state index contributed by atoms with van der Waals surface area (Å²) in [4.78, 5) is 0. The van der Waals surface area contributed by atoms with Crippen molar-refractivity contribution in [2.45, 2.75) is 108 Å². The molecule has 0 bridgehead atoms. The largest absolute Gasteiger partial charge is 0.0856 e. The first-order valence-electron chi connectivity index (χ1n) is 15.0. The van der Waals surface area contributed by atoms with E-state index in [1.54, 1.807) is 0 Å². The van der Waals surface area contributed by atoms with Crippen LogP contribution in [0, 0.1) is 0 Å². The van der Waals surface area contributed by atoms with Crippen molar-refractivity contribution in [2.24, 2.45) is 0 Å². The maximum Gasteiger partial charge on any atom is -0.0285 e. The molecule has 0 aliphatic heterocycles. The van der Waals surface area contributed by atoms with Crippen LogP contribution in [0.3, 0.4) is 0 Å². The number of hydrogen-bond donors (Lipinski definition) is 0. The van der Waals surface area contributed by atoms with Crippen LogP contribution in [0.5, 0.6) is 0 Å². The molecule has 0 amide bonds. The van der Waals surface area contributed by atoms with Gasteiger partial charge >= 0.3 is 0 Å². The number of rotatable bonds is 17. The third-order valence-electron chi connectivity index (χ3n) is 6.24. The Balaban J connectivity index is 4.60. The van der Waals surface area contributed by atoms with Crippen LogP contribution in [0.4, 0.5) is 0 Å². The lowest BCUT2D eigenvalue weighted by Gasteiger charge is -2.00. The SMILES string of the molecule is CC(C)=CCCC(C)=CCCC(C)=C/C=C/C(C)=C/C=C/C=C(C)/C=C/C=C(C)\C=C/C=C(\C)CCC=C(C)C. The van der Waals surface area contributed by atoms with Gasteiger partial charge in [0.25, 0.3) is 0 Å². The molecule has 0 heterocycles. The van der Waals surface area contributed by atoms with E-state index in [0.717, 1.165) is 32.1 Å². The van der Waals surface area contributed by atoms with Gasteiger partial charge < -0.3 is 0 Å². The molecular formula is C40H58. The van der Waals surface area contributed by atoms with E-state index in [1.807, 2.05) is 0 Å². The predicted molar refractivity (Wildman–Crippen MR) is 186 cm³/mol. The third-order valence-corrected chi connectivity index (χ3v) is 6.24. The summed E-state index contributed by atoms with van der Waals surface area (Å²) in [7, 11) is 0. The minimum atomic E-state index is 1.11. The highest BCUT2D eigenvalue weighted by Gasteiger charge is 1.91. The van der Waals surface area contributed by atoms with Gasteiger partial charge in [-0.3, -0.25) is 0 Å².